The highest BCUT2D eigenvalue weighted by Gasteiger charge is 2.27. The maximum atomic E-state index is 14.1. The van der Waals surface area contributed by atoms with Gasteiger partial charge in [-0.2, -0.15) is 0 Å². The molecule has 2 aromatic carbocycles. The first kappa shape index (κ1) is 22.7. The molecule has 2 unspecified atom stereocenters. The van der Waals surface area contributed by atoms with Gasteiger partial charge in [-0.05, 0) is 43.7 Å². The Hall–Kier alpha value is -3.52. The number of hydrogen-bond donors (Lipinski definition) is 2. The van der Waals surface area contributed by atoms with Crippen LogP contribution in [0.1, 0.15) is 63.6 Å². The second-order valence-corrected chi connectivity index (χ2v) is 8.06. The second kappa shape index (κ2) is 9.54. The van der Waals surface area contributed by atoms with E-state index in [4.69, 9.17) is 4.74 Å². The zero-order valence-electron chi connectivity index (χ0n) is 18.4. The van der Waals surface area contributed by atoms with Crippen LogP contribution in [-0.2, 0) is 17.9 Å². The third-order valence-corrected chi connectivity index (χ3v) is 5.82. The number of fused-ring (bicyclic) bond motifs is 1. The van der Waals surface area contributed by atoms with Crippen molar-refractivity contribution in [1.29, 1.82) is 0 Å². The minimum Gasteiger partial charge on any atom is -0.373 e. The lowest BCUT2D eigenvalue weighted by molar-refractivity contribution is 0.0774. The molecule has 0 radical (unpaired) electrons. The van der Waals surface area contributed by atoms with Gasteiger partial charge in [0.2, 0.25) is 0 Å². The molecule has 0 saturated heterocycles. The van der Waals surface area contributed by atoms with Crippen molar-refractivity contribution >= 4 is 11.8 Å². The molecule has 0 bridgehead atoms. The molecule has 1 aliphatic heterocycles. The molecule has 2 amide bonds. The number of ether oxygens (including phenoxy) is 1. The van der Waals surface area contributed by atoms with Crippen molar-refractivity contribution in [3.8, 4) is 0 Å². The van der Waals surface area contributed by atoms with Gasteiger partial charge in [-0.3, -0.25) is 9.59 Å². The predicted molar refractivity (Wildman–Crippen MR) is 119 cm³/mol. The molecule has 0 spiro atoms. The Balaban J connectivity index is 1.56. The van der Waals surface area contributed by atoms with Crippen LogP contribution in [0.5, 0.6) is 0 Å². The summed E-state index contributed by atoms with van der Waals surface area (Å²) in [6, 6.07) is 12.8. The number of nitrogens with one attached hydrogen (secondary N) is 2. The molecule has 2 atom stereocenters. The lowest BCUT2D eigenvalue weighted by Crippen LogP contribution is -2.30. The number of nitrogens with zero attached hydrogens (tertiary/aromatic N) is 1. The number of halogens is 2. The monoisotopic (exact) mass is 453 g/mol. The Labute approximate surface area is 190 Å². The molecule has 8 heteroatoms. The van der Waals surface area contributed by atoms with Crippen LogP contribution < -0.4 is 10.6 Å². The van der Waals surface area contributed by atoms with E-state index in [1.165, 1.54) is 18.2 Å². The first-order chi connectivity index (χ1) is 15.8. The van der Waals surface area contributed by atoms with Gasteiger partial charge >= 0.3 is 0 Å². The van der Waals surface area contributed by atoms with E-state index in [9.17, 15) is 18.4 Å². The predicted octanol–water partition coefficient (Wildman–Crippen LogP) is 4.28. The van der Waals surface area contributed by atoms with E-state index in [0.29, 0.717) is 35.7 Å². The third-order valence-electron chi connectivity index (χ3n) is 5.82. The van der Waals surface area contributed by atoms with Crippen LogP contribution in [0.15, 0.2) is 54.6 Å². The van der Waals surface area contributed by atoms with Crippen molar-refractivity contribution in [1.82, 2.24) is 15.2 Å². The van der Waals surface area contributed by atoms with Crippen LogP contribution in [0.2, 0.25) is 0 Å². The smallest absolute Gasteiger partial charge is 0.268 e. The van der Waals surface area contributed by atoms with Crippen molar-refractivity contribution in [2.75, 3.05) is 6.61 Å². The summed E-state index contributed by atoms with van der Waals surface area (Å²) in [6.07, 6.45) is 0. The summed E-state index contributed by atoms with van der Waals surface area (Å²) in [5.74, 6) is -1.51. The molecule has 172 valence electrons. The molecule has 3 aromatic rings. The molecule has 0 saturated carbocycles. The Kier molecular flexibility index (Phi) is 6.55. The second-order valence-electron chi connectivity index (χ2n) is 8.06. The van der Waals surface area contributed by atoms with Gasteiger partial charge in [-0.15, -0.1) is 0 Å². The summed E-state index contributed by atoms with van der Waals surface area (Å²) in [7, 11) is 0. The number of carbonyl (C=O) groups is 2. The number of benzene rings is 2. The van der Waals surface area contributed by atoms with Crippen LogP contribution in [0.4, 0.5) is 8.78 Å². The molecule has 33 heavy (non-hydrogen) atoms. The Morgan fingerprint density at radius 2 is 1.67 bits per heavy atom. The number of aromatic nitrogens is 1. The Morgan fingerprint density at radius 3 is 2.39 bits per heavy atom. The van der Waals surface area contributed by atoms with Gasteiger partial charge in [0.05, 0.1) is 36.6 Å². The summed E-state index contributed by atoms with van der Waals surface area (Å²) >= 11 is 0. The van der Waals surface area contributed by atoms with E-state index in [-0.39, 0.29) is 24.4 Å². The van der Waals surface area contributed by atoms with Crippen LogP contribution in [0, 0.1) is 11.6 Å². The minimum atomic E-state index is -0.561. The Morgan fingerprint density at radius 1 is 0.970 bits per heavy atom. The summed E-state index contributed by atoms with van der Waals surface area (Å²) < 4.78 is 34.6. The lowest BCUT2D eigenvalue weighted by Gasteiger charge is -2.21. The average Bonchev–Trinajstić information content (AvgIpc) is 3.20. The zero-order chi connectivity index (χ0) is 23.5. The molecular formula is C25H25F2N3O3. The first-order valence-electron chi connectivity index (χ1n) is 10.8. The van der Waals surface area contributed by atoms with Crippen molar-refractivity contribution in [3.05, 3.63) is 94.3 Å². The standard InChI is InChI=1S/C25H25F2N3O3/c1-15(17-7-9-18(26)10-8-17)28-25(32)22-13-20(23-14-33-12-11-30(22)23)24(31)29-16(2)19-5-3-4-6-21(19)27/h3-10,13,15-16H,11-12,14H2,1-2H3,(H,28,32)(H,29,31). The van der Waals surface area contributed by atoms with Gasteiger partial charge in [0.15, 0.2) is 0 Å². The zero-order valence-corrected chi connectivity index (χ0v) is 18.4. The van der Waals surface area contributed by atoms with Crippen molar-refractivity contribution in [2.45, 2.75) is 39.1 Å². The maximum Gasteiger partial charge on any atom is 0.268 e. The summed E-state index contributed by atoms with van der Waals surface area (Å²) in [5, 5.41) is 5.72. The molecule has 0 aliphatic carbocycles. The molecule has 2 heterocycles. The molecule has 1 aromatic heterocycles. The Bertz CT molecular complexity index is 1170. The topological polar surface area (TPSA) is 72.4 Å². The van der Waals surface area contributed by atoms with Crippen LogP contribution in [0.3, 0.4) is 0 Å². The molecular weight excluding hydrogens is 428 g/mol. The van der Waals surface area contributed by atoms with Crippen molar-refractivity contribution in [2.24, 2.45) is 0 Å². The maximum absolute atomic E-state index is 14.1. The van der Waals surface area contributed by atoms with Gasteiger partial charge in [0, 0.05) is 12.1 Å². The largest absolute Gasteiger partial charge is 0.373 e. The van der Waals surface area contributed by atoms with E-state index in [0.717, 1.165) is 5.56 Å². The summed E-state index contributed by atoms with van der Waals surface area (Å²) in [4.78, 5) is 26.1. The number of rotatable bonds is 6. The summed E-state index contributed by atoms with van der Waals surface area (Å²) in [5.41, 5.74) is 2.39. The highest BCUT2D eigenvalue weighted by Crippen LogP contribution is 2.24. The first-order valence-corrected chi connectivity index (χ1v) is 10.8. The highest BCUT2D eigenvalue weighted by atomic mass is 19.1. The number of carbonyl (C=O) groups excluding carboxylic acids is 2. The fourth-order valence-corrected chi connectivity index (χ4v) is 3.99. The van der Waals surface area contributed by atoms with Crippen molar-refractivity contribution < 1.29 is 23.1 Å². The van der Waals surface area contributed by atoms with Gasteiger partial charge in [0.25, 0.3) is 11.8 Å². The van der Waals surface area contributed by atoms with Crippen LogP contribution in [0.25, 0.3) is 0 Å². The van der Waals surface area contributed by atoms with E-state index < -0.39 is 17.8 Å². The molecule has 0 fully saturated rings. The average molecular weight is 453 g/mol. The van der Waals surface area contributed by atoms with E-state index in [1.54, 1.807) is 54.8 Å². The summed E-state index contributed by atoms with van der Waals surface area (Å²) in [6.45, 7) is 4.55. The molecule has 2 N–H and O–H groups in total. The van der Waals surface area contributed by atoms with Crippen molar-refractivity contribution in [3.63, 3.8) is 0 Å². The highest BCUT2D eigenvalue weighted by molar-refractivity contribution is 6.01. The van der Waals surface area contributed by atoms with Gasteiger partial charge in [-0.25, -0.2) is 8.78 Å². The van der Waals surface area contributed by atoms with Crippen LogP contribution >= 0.6 is 0 Å². The number of amides is 2. The SMILES string of the molecule is CC(NC(=O)c1cc(C(=O)NC(C)c2ccccc2F)c2n1CCOC2)c1ccc(F)cc1. The van der Waals surface area contributed by atoms with E-state index in [1.807, 2.05) is 0 Å². The minimum absolute atomic E-state index is 0.192. The van der Waals surface area contributed by atoms with Crippen LogP contribution in [-0.4, -0.2) is 23.0 Å². The third kappa shape index (κ3) is 4.80. The van der Waals surface area contributed by atoms with E-state index >= 15 is 0 Å². The van der Waals surface area contributed by atoms with Gasteiger partial charge in [0.1, 0.15) is 17.3 Å². The number of hydrogen-bond acceptors (Lipinski definition) is 3. The quantitative estimate of drug-likeness (QED) is 0.585. The fourth-order valence-electron chi connectivity index (χ4n) is 3.99. The molecule has 1 aliphatic rings. The van der Waals surface area contributed by atoms with Gasteiger partial charge < -0.3 is 19.9 Å². The lowest BCUT2D eigenvalue weighted by atomic mass is 10.1. The molecule has 6 nitrogen and oxygen atoms in total. The molecule has 4 rings (SSSR count). The van der Waals surface area contributed by atoms with Gasteiger partial charge in [-0.1, -0.05) is 30.3 Å². The van der Waals surface area contributed by atoms with E-state index in [2.05, 4.69) is 10.6 Å². The normalized spacial score (nSPS) is 14.8. The fraction of sp³-hybridized carbons (Fsp3) is 0.280.